The van der Waals surface area contributed by atoms with Crippen LogP contribution in [-0.2, 0) is 9.59 Å². The van der Waals surface area contributed by atoms with Crippen molar-refractivity contribution in [3.63, 3.8) is 0 Å². The van der Waals surface area contributed by atoms with E-state index in [0.717, 1.165) is 10.9 Å². The van der Waals surface area contributed by atoms with E-state index >= 15 is 0 Å². The number of amides is 2. The van der Waals surface area contributed by atoms with Crippen molar-refractivity contribution >= 4 is 23.6 Å². The standard InChI is InChI=1S/C10H5N3O2/c14-9-10(15)13-8-5-3-4-11-6(5)1-2-7(8)12-9/h1-4H,(H,13,15). The first-order valence-corrected chi connectivity index (χ1v) is 4.37. The summed E-state index contributed by atoms with van der Waals surface area (Å²) in [5.41, 5.74) is 1.37. The number of rotatable bonds is 0. The molecule has 2 aliphatic rings. The average Bonchev–Trinajstić information content (AvgIpc) is 2.68. The summed E-state index contributed by atoms with van der Waals surface area (Å²) in [4.78, 5) is 30.0. The van der Waals surface area contributed by atoms with Gasteiger partial charge in [0.15, 0.2) is 0 Å². The summed E-state index contributed by atoms with van der Waals surface area (Å²) in [5, 5.41) is 3.78. The Morgan fingerprint density at radius 1 is 1.13 bits per heavy atom. The second-order valence-corrected chi connectivity index (χ2v) is 3.21. The Morgan fingerprint density at radius 3 is 2.80 bits per heavy atom. The van der Waals surface area contributed by atoms with Gasteiger partial charge in [0.25, 0.3) is 0 Å². The highest BCUT2D eigenvalue weighted by atomic mass is 16.2. The number of nitrogens with one attached hydrogen (secondary N) is 1. The summed E-state index contributed by atoms with van der Waals surface area (Å²) in [5.74, 6) is -1.46. The van der Waals surface area contributed by atoms with Crippen LogP contribution in [0.5, 0.6) is 0 Å². The third-order valence-electron chi connectivity index (χ3n) is 2.31. The van der Waals surface area contributed by atoms with E-state index in [0.29, 0.717) is 11.0 Å². The lowest BCUT2D eigenvalue weighted by Gasteiger charge is -2.10. The molecule has 1 aromatic carbocycles. The molecule has 0 radical (unpaired) electrons. The van der Waals surface area contributed by atoms with E-state index < -0.39 is 11.8 Å². The lowest BCUT2D eigenvalue weighted by atomic mass is 10.1. The highest BCUT2D eigenvalue weighted by Crippen LogP contribution is 2.13. The number of carbonyl (C=O) groups is 2. The van der Waals surface area contributed by atoms with Crippen LogP contribution in [0.1, 0.15) is 5.56 Å². The predicted octanol–water partition coefficient (Wildman–Crippen LogP) is -0.611. The van der Waals surface area contributed by atoms with E-state index in [-0.39, 0.29) is 0 Å². The van der Waals surface area contributed by atoms with Gasteiger partial charge in [0, 0.05) is 11.8 Å². The number of anilines is 1. The minimum absolute atomic E-state index is 0.486. The number of carbonyl (C=O) groups excluding carboxylic acids is 2. The fourth-order valence-electron chi connectivity index (χ4n) is 1.62. The van der Waals surface area contributed by atoms with Crippen molar-refractivity contribution in [1.29, 1.82) is 0 Å². The monoisotopic (exact) mass is 199 g/mol. The highest BCUT2D eigenvalue weighted by Gasteiger charge is 2.21. The molecule has 1 N–H and O–H groups in total. The number of nitrogens with zero attached hydrogens (tertiary/aromatic N) is 2. The Bertz CT molecular complexity index is 643. The Balaban J connectivity index is 2.41. The van der Waals surface area contributed by atoms with Gasteiger partial charge in [0.05, 0.1) is 16.4 Å². The van der Waals surface area contributed by atoms with Gasteiger partial charge in [-0.3, -0.25) is 14.6 Å². The maximum Gasteiger partial charge on any atom is 0.335 e. The molecule has 0 bridgehead atoms. The minimum atomic E-state index is -0.763. The van der Waals surface area contributed by atoms with Crippen molar-refractivity contribution < 1.29 is 9.59 Å². The Kier molecular flexibility index (Phi) is 1.39. The van der Waals surface area contributed by atoms with E-state index in [4.69, 9.17) is 0 Å². The van der Waals surface area contributed by atoms with E-state index in [9.17, 15) is 9.59 Å². The van der Waals surface area contributed by atoms with Gasteiger partial charge in [-0.05, 0) is 18.2 Å². The van der Waals surface area contributed by atoms with Gasteiger partial charge in [0.1, 0.15) is 0 Å². The summed E-state index contributed by atoms with van der Waals surface area (Å²) in [7, 11) is 0. The van der Waals surface area contributed by atoms with Gasteiger partial charge >= 0.3 is 11.8 Å². The van der Waals surface area contributed by atoms with E-state index in [1.165, 1.54) is 0 Å². The molecule has 2 aliphatic heterocycles. The van der Waals surface area contributed by atoms with Crippen molar-refractivity contribution in [2.24, 2.45) is 9.98 Å². The molecule has 0 saturated heterocycles. The molecule has 3 rings (SSSR count). The number of hydrogen-bond acceptors (Lipinski definition) is 3. The number of fused-ring (bicyclic) bond motifs is 3. The van der Waals surface area contributed by atoms with Crippen LogP contribution in [0.4, 0.5) is 5.69 Å². The van der Waals surface area contributed by atoms with Crippen molar-refractivity contribution in [3.05, 3.63) is 34.6 Å². The van der Waals surface area contributed by atoms with E-state index in [1.54, 1.807) is 24.4 Å². The normalized spacial score (nSPS) is 16.3. The first-order chi connectivity index (χ1) is 7.25. The molecule has 0 aromatic heterocycles. The fourth-order valence-corrected chi connectivity index (χ4v) is 1.62. The minimum Gasteiger partial charge on any atom is -0.315 e. The van der Waals surface area contributed by atoms with Gasteiger partial charge in [-0.15, -0.1) is 0 Å². The van der Waals surface area contributed by atoms with Gasteiger partial charge < -0.3 is 5.32 Å². The first-order valence-electron chi connectivity index (χ1n) is 4.37. The second-order valence-electron chi connectivity index (χ2n) is 3.21. The fraction of sp³-hybridized carbons (Fsp3) is 0. The smallest absolute Gasteiger partial charge is 0.315 e. The van der Waals surface area contributed by atoms with Crippen LogP contribution in [0.15, 0.2) is 28.3 Å². The van der Waals surface area contributed by atoms with Gasteiger partial charge in [-0.2, -0.15) is 0 Å². The van der Waals surface area contributed by atoms with Crippen LogP contribution in [0.2, 0.25) is 0 Å². The van der Waals surface area contributed by atoms with E-state index in [2.05, 4.69) is 15.3 Å². The Morgan fingerprint density at radius 2 is 1.93 bits per heavy atom. The summed E-state index contributed by atoms with van der Waals surface area (Å²) in [6.45, 7) is 0. The molecule has 0 atom stereocenters. The topological polar surface area (TPSA) is 70.9 Å². The molecule has 2 heterocycles. The zero-order valence-electron chi connectivity index (χ0n) is 7.52. The van der Waals surface area contributed by atoms with Gasteiger partial charge in [-0.1, -0.05) is 0 Å². The lowest BCUT2D eigenvalue weighted by Crippen LogP contribution is -2.33. The maximum absolute atomic E-state index is 11.1. The Labute approximate surface area is 83.9 Å². The lowest BCUT2D eigenvalue weighted by molar-refractivity contribution is -0.134. The average molecular weight is 199 g/mol. The molecular formula is C10H5N3O2. The van der Waals surface area contributed by atoms with Crippen molar-refractivity contribution in [2.45, 2.75) is 0 Å². The predicted molar refractivity (Wildman–Crippen MR) is 51.4 cm³/mol. The SMILES string of the molecule is O=C1N=c2ccc3c(c2NC1=O)C=CN=3. The van der Waals surface area contributed by atoms with Crippen LogP contribution in [-0.4, -0.2) is 11.8 Å². The zero-order valence-corrected chi connectivity index (χ0v) is 7.52. The number of benzene rings is 1. The molecule has 1 aromatic rings. The zero-order chi connectivity index (χ0) is 10.4. The molecular weight excluding hydrogens is 194 g/mol. The summed E-state index contributed by atoms with van der Waals surface area (Å²) in [6, 6.07) is 3.43. The van der Waals surface area contributed by atoms with Crippen LogP contribution in [0.3, 0.4) is 0 Å². The Hall–Kier alpha value is -2.30. The highest BCUT2D eigenvalue weighted by molar-refractivity contribution is 6.41. The molecule has 0 aliphatic carbocycles. The molecule has 15 heavy (non-hydrogen) atoms. The second kappa shape index (κ2) is 2.60. The van der Waals surface area contributed by atoms with Crippen LogP contribution in [0, 0.1) is 0 Å². The van der Waals surface area contributed by atoms with Crippen LogP contribution in [0.25, 0.3) is 6.08 Å². The summed E-state index contributed by atoms with van der Waals surface area (Å²) >= 11 is 0. The molecule has 0 saturated carbocycles. The molecule has 2 amide bonds. The van der Waals surface area contributed by atoms with Crippen molar-refractivity contribution in [3.8, 4) is 0 Å². The third kappa shape index (κ3) is 1.03. The molecule has 0 unspecified atom stereocenters. The van der Waals surface area contributed by atoms with Crippen LogP contribution >= 0.6 is 0 Å². The molecule has 0 fully saturated rings. The third-order valence-corrected chi connectivity index (χ3v) is 2.31. The van der Waals surface area contributed by atoms with E-state index in [1.807, 2.05) is 0 Å². The molecule has 0 spiro atoms. The molecule has 5 nitrogen and oxygen atoms in total. The largest absolute Gasteiger partial charge is 0.335 e. The molecule has 72 valence electrons. The first kappa shape index (κ1) is 8.05. The maximum atomic E-state index is 11.1. The van der Waals surface area contributed by atoms with Gasteiger partial charge in [0.2, 0.25) is 0 Å². The van der Waals surface area contributed by atoms with Gasteiger partial charge in [-0.25, -0.2) is 4.99 Å². The number of hydrogen-bond donors (Lipinski definition) is 1. The summed E-state index contributed by atoms with van der Waals surface area (Å²) < 4.78 is 0. The van der Waals surface area contributed by atoms with Crippen molar-refractivity contribution in [1.82, 2.24) is 0 Å². The molecule has 5 heteroatoms. The van der Waals surface area contributed by atoms with Crippen molar-refractivity contribution in [2.75, 3.05) is 5.32 Å². The summed E-state index contributed by atoms with van der Waals surface area (Å²) in [6.07, 6.45) is 3.42. The quantitative estimate of drug-likeness (QED) is 0.566. The van der Waals surface area contributed by atoms with Crippen LogP contribution < -0.4 is 16.0 Å².